The fraction of sp³-hybridized carbons (Fsp3) is 0.889. The summed E-state index contributed by atoms with van der Waals surface area (Å²) < 4.78 is 5.42. The lowest BCUT2D eigenvalue weighted by Crippen LogP contribution is -2.50. The molecule has 0 aromatic heterocycles. The van der Waals surface area contributed by atoms with Crippen LogP contribution in [-0.2, 0) is 4.74 Å². The number of piperidine rings is 1. The standard InChI is InChI=1S/C18H35N5O2.HI/c1-15-5-8-22(9-6-15)16(19)20-7-10-21-11-13-23(14-12-21)17(24)25-18(2,3)4;/h15H,5-14H2,1-4H3,(H2,19,20);1H. The molecule has 26 heavy (non-hydrogen) atoms. The van der Waals surface area contributed by atoms with Gasteiger partial charge in [-0.15, -0.1) is 24.0 Å². The number of carbonyl (C=O) groups excluding carboxylic acids is 1. The van der Waals surface area contributed by atoms with E-state index >= 15 is 0 Å². The van der Waals surface area contributed by atoms with Crippen LogP contribution in [0.4, 0.5) is 4.79 Å². The Labute approximate surface area is 175 Å². The van der Waals surface area contributed by atoms with Gasteiger partial charge in [0.15, 0.2) is 5.96 Å². The minimum atomic E-state index is -0.438. The highest BCUT2D eigenvalue weighted by Gasteiger charge is 2.25. The molecule has 0 spiro atoms. The number of carbonyl (C=O) groups is 1. The molecule has 7 nitrogen and oxygen atoms in total. The number of aliphatic imine (C=N–C) groups is 1. The Bertz CT molecular complexity index is 465. The van der Waals surface area contributed by atoms with Crippen molar-refractivity contribution in [2.24, 2.45) is 16.6 Å². The van der Waals surface area contributed by atoms with Gasteiger partial charge in [-0.2, -0.15) is 0 Å². The van der Waals surface area contributed by atoms with E-state index in [0.29, 0.717) is 25.6 Å². The number of likely N-dealkylation sites (tertiary alicyclic amines) is 1. The van der Waals surface area contributed by atoms with E-state index in [1.54, 1.807) is 4.90 Å². The molecule has 2 rings (SSSR count). The first-order valence-corrected chi connectivity index (χ1v) is 9.50. The number of nitrogens with two attached hydrogens (primary N) is 1. The highest BCUT2D eigenvalue weighted by atomic mass is 127. The summed E-state index contributed by atoms with van der Waals surface area (Å²) in [7, 11) is 0. The maximum absolute atomic E-state index is 12.1. The zero-order valence-electron chi connectivity index (χ0n) is 16.7. The van der Waals surface area contributed by atoms with Crippen LogP contribution in [-0.4, -0.2) is 84.7 Å². The quantitative estimate of drug-likeness (QED) is 0.380. The summed E-state index contributed by atoms with van der Waals surface area (Å²) >= 11 is 0. The largest absolute Gasteiger partial charge is 0.444 e. The summed E-state index contributed by atoms with van der Waals surface area (Å²) in [5.74, 6) is 1.48. The van der Waals surface area contributed by atoms with Crippen LogP contribution < -0.4 is 5.73 Å². The number of halogens is 1. The van der Waals surface area contributed by atoms with Crippen molar-refractivity contribution < 1.29 is 9.53 Å². The number of ether oxygens (including phenoxy) is 1. The number of hydrogen-bond donors (Lipinski definition) is 1. The van der Waals surface area contributed by atoms with E-state index in [4.69, 9.17) is 10.5 Å². The van der Waals surface area contributed by atoms with E-state index < -0.39 is 5.60 Å². The Balaban J connectivity index is 0.00000338. The first-order chi connectivity index (χ1) is 11.7. The molecular formula is C18H36IN5O2. The highest BCUT2D eigenvalue weighted by molar-refractivity contribution is 14.0. The number of nitrogens with zero attached hydrogens (tertiary/aromatic N) is 4. The Morgan fingerprint density at radius 1 is 1.08 bits per heavy atom. The molecule has 0 aromatic rings. The van der Waals surface area contributed by atoms with E-state index in [1.165, 1.54) is 12.8 Å². The van der Waals surface area contributed by atoms with Crippen LogP contribution in [0.3, 0.4) is 0 Å². The van der Waals surface area contributed by atoms with Gasteiger partial charge in [-0.3, -0.25) is 9.89 Å². The second kappa shape index (κ2) is 10.5. The van der Waals surface area contributed by atoms with Crippen LogP contribution in [0.25, 0.3) is 0 Å². The fourth-order valence-electron chi connectivity index (χ4n) is 3.12. The second-order valence-electron chi connectivity index (χ2n) is 8.22. The molecule has 152 valence electrons. The monoisotopic (exact) mass is 481 g/mol. The topological polar surface area (TPSA) is 74.4 Å². The van der Waals surface area contributed by atoms with Gasteiger partial charge in [-0.25, -0.2) is 4.79 Å². The maximum atomic E-state index is 12.1. The minimum Gasteiger partial charge on any atom is -0.444 e. The number of rotatable bonds is 3. The lowest BCUT2D eigenvalue weighted by Gasteiger charge is -2.35. The molecule has 2 heterocycles. The lowest BCUT2D eigenvalue weighted by atomic mass is 10.00. The molecule has 2 aliphatic rings. The summed E-state index contributed by atoms with van der Waals surface area (Å²) in [6, 6.07) is 0. The molecule has 1 amide bonds. The van der Waals surface area contributed by atoms with Crippen molar-refractivity contribution in [1.29, 1.82) is 0 Å². The molecule has 2 saturated heterocycles. The van der Waals surface area contributed by atoms with Crippen LogP contribution in [0.5, 0.6) is 0 Å². The van der Waals surface area contributed by atoms with Gasteiger partial charge in [0.05, 0.1) is 6.54 Å². The maximum Gasteiger partial charge on any atom is 0.410 e. The molecule has 2 N–H and O–H groups in total. The predicted octanol–water partition coefficient (Wildman–Crippen LogP) is 2.20. The first kappa shape index (κ1) is 23.3. The first-order valence-electron chi connectivity index (χ1n) is 9.50. The summed E-state index contributed by atoms with van der Waals surface area (Å²) in [5, 5.41) is 0. The smallest absolute Gasteiger partial charge is 0.410 e. The summed E-state index contributed by atoms with van der Waals surface area (Å²) in [4.78, 5) is 22.9. The molecule has 8 heteroatoms. The molecule has 0 aliphatic carbocycles. The van der Waals surface area contributed by atoms with Crippen molar-refractivity contribution in [1.82, 2.24) is 14.7 Å². The molecule has 2 aliphatic heterocycles. The number of amides is 1. The van der Waals surface area contributed by atoms with Crippen LogP contribution in [0.15, 0.2) is 4.99 Å². The van der Waals surface area contributed by atoms with E-state index in [-0.39, 0.29) is 30.1 Å². The Morgan fingerprint density at radius 3 is 2.19 bits per heavy atom. The summed E-state index contributed by atoms with van der Waals surface area (Å²) in [6.07, 6.45) is 2.18. The van der Waals surface area contributed by atoms with Crippen LogP contribution in [0.1, 0.15) is 40.5 Å². The molecule has 0 radical (unpaired) electrons. The van der Waals surface area contributed by atoms with Gasteiger partial charge in [0.2, 0.25) is 0 Å². The molecule has 0 atom stereocenters. The zero-order valence-corrected chi connectivity index (χ0v) is 19.1. The second-order valence-corrected chi connectivity index (χ2v) is 8.22. The lowest BCUT2D eigenvalue weighted by molar-refractivity contribution is 0.0148. The third-order valence-corrected chi connectivity index (χ3v) is 4.82. The van der Waals surface area contributed by atoms with Gasteiger partial charge in [0.25, 0.3) is 0 Å². The van der Waals surface area contributed by atoms with Crippen LogP contribution >= 0.6 is 24.0 Å². The van der Waals surface area contributed by atoms with E-state index in [1.807, 2.05) is 20.8 Å². The van der Waals surface area contributed by atoms with Crippen LogP contribution in [0.2, 0.25) is 0 Å². The average Bonchev–Trinajstić information content (AvgIpc) is 2.54. The number of piperazine rings is 1. The summed E-state index contributed by atoms with van der Waals surface area (Å²) in [6.45, 7) is 14.7. The Kier molecular flexibility index (Phi) is 9.43. The van der Waals surface area contributed by atoms with Crippen molar-refractivity contribution >= 4 is 36.0 Å². The van der Waals surface area contributed by atoms with Crippen molar-refractivity contribution in [3.05, 3.63) is 0 Å². The molecule has 0 aromatic carbocycles. The van der Waals surface area contributed by atoms with E-state index in [9.17, 15) is 4.79 Å². The van der Waals surface area contributed by atoms with Crippen LogP contribution in [0, 0.1) is 5.92 Å². The number of hydrogen-bond acceptors (Lipinski definition) is 4. The van der Waals surface area contributed by atoms with Crippen molar-refractivity contribution in [3.63, 3.8) is 0 Å². The number of guanidine groups is 1. The third-order valence-electron chi connectivity index (χ3n) is 4.82. The van der Waals surface area contributed by atoms with Gasteiger partial charge in [-0.1, -0.05) is 6.92 Å². The molecule has 0 saturated carbocycles. The van der Waals surface area contributed by atoms with Crippen molar-refractivity contribution in [2.45, 2.75) is 46.1 Å². The molecule has 0 bridgehead atoms. The normalized spacial score (nSPS) is 20.7. The predicted molar refractivity (Wildman–Crippen MR) is 116 cm³/mol. The molecule has 0 unspecified atom stereocenters. The van der Waals surface area contributed by atoms with Crippen molar-refractivity contribution in [2.75, 3.05) is 52.4 Å². The van der Waals surface area contributed by atoms with Gasteiger partial charge in [0.1, 0.15) is 5.60 Å². The van der Waals surface area contributed by atoms with Gasteiger partial charge >= 0.3 is 6.09 Å². The van der Waals surface area contributed by atoms with E-state index in [0.717, 1.165) is 38.6 Å². The van der Waals surface area contributed by atoms with Gasteiger partial charge < -0.3 is 20.3 Å². The van der Waals surface area contributed by atoms with Gasteiger partial charge in [0, 0.05) is 45.8 Å². The summed E-state index contributed by atoms with van der Waals surface area (Å²) in [5.41, 5.74) is 5.68. The van der Waals surface area contributed by atoms with Crippen molar-refractivity contribution in [3.8, 4) is 0 Å². The molecule has 2 fully saturated rings. The van der Waals surface area contributed by atoms with E-state index in [2.05, 4.69) is 21.7 Å². The highest BCUT2D eigenvalue weighted by Crippen LogP contribution is 2.15. The molecular weight excluding hydrogens is 445 g/mol. The van der Waals surface area contributed by atoms with Gasteiger partial charge in [-0.05, 0) is 39.5 Å². The SMILES string of the molecule is CC1CCN(C(N)=NCCN2CCN(C(=O)OC(C)(C)C)CC2)CC1.I. The fourth-order valence-corrected chi connectivity index (χ4v) is 3.12. The third kappa shape index (κ3) is 7.85. The zero-order chi connectivity index (χ0) is 18.4. The average molecular weight is 481 g/mol. The Hall–Kier alpha value is -0.770. The minimum absolute atomic E-state index is 0. The Morgan fingerprint density at radius 2 is 1.65 bits per heavy atom.